The second-order valence-electron chi connectivity index (χ2n) is 7.87. The van der Waals surface area contributed by atoms with Crippen LogP contribution in [0.2, 0.25) is 0 Å². The molecule has 3 rings (SSSR count). The molecule has 0 aromatic heterocycles. The van der Waals surface area contributed by atoms with Crippen LogP contribution in [-0.2, 0) is 9.59 Å². The summed E-state index contributed by atoms with van der Waals surface area (Å²) in [4.78, 5) is 29.1. The van der Waals surface area contributed by atoms with Crippen molar-refractivity contribution in [1.29, 1.82) is 0 Å². The van der Waals surface area contributed by atoms with E-state index < -0.39 is 11.4 Å². The van der Waals surface area contributed by atoms with Crippen LogP contribution in [0.3, 0.4) is 0 Å². The first-order valence-electron chi connectivity index (χ1n) is 9.45. The molecule has 0 saturated carbocycles. The molecule has 2 fully saturated rings. The number of hydrogen-bond acceptors (Lipinski definition) is 3. The van der Waals surface area contributed by atoms with Crippen molar-refractivity contribution in [2.45, 2.75) is 57.9 Å². The molecule has 0 aromatic rings. The van der Waals surface area contributed by atoms with E-state index in [1.807, 2.05) is 17.1 Å². The van der Waals surface area contributed by atoms with Crippen LogP contribution >= 0.6 is 0 Å². The third-order valence-electron chi connectivity index (χ3n) is 6.16. The van der Waals surface area contributed by atoms with Crippen molar-refractivity contribution in [3.05, 3.63) is 12.2 Å². The van der Waals surface area contributed by atoms with Gasteiger partial charge in [0.05, 0.1) is 0 Å². The highest BCUT2D eigenvalue weighted by atomic mass is 16.4. The molecule has 2 heterocycles. The van der Waals surface area contributed by atoms with Crippen LogP contribution < -0.4 is 0 Å². The summed E-state index contributed by atoms with van der Waals surface area (Å²) in [6.07, 6.45) is 10.3. The van der Waals surface area contributed by atoms with Gasteiger partial charge in [0.25, 0.3) is 0 Å². The van der Waals surface area contributed by atoms with Crippen LogP contribution in [-0.4, -0.2) is 59.0 Å². The third-order valence-corrected chi connectivity index (χ3v) is 6.16. The molecule has 1 amide bonds. The van der Waals surface area contributed by atoms with Gasteiger partial charge >= 0.3 is 5.97 Å². The summed E-state index contributed by atoms with van der Waals surface area (Å²) in [7, 11) is 0. The molecule has 1 aliphatic carbocycles. The molecule has 134 valence electrons. The van der Waals surface area contributed by atoms with E-state index in [-0.39, 0.29) is 5.91 Å². The fourth-order valence-electron chi connectivity index (χ4n) is 4.55. The number of nitrogens with zero attached hydrogens (tertiary/aromatic N) is 2. The molecule has 24 heavy (non-hydrogen) atoms. The third kappa shape index (κ3) is 3.37. The van der Waals surface area contributed by atoms with Gasteiger partial charge in [-0.3, -0.25) is 9.59 Å². The summed E-state index contributed by atoms with van der Waals surface area (Å²) in [5.41, 5.74) is -1.24. The van der Waals surface area contributed by atoms with Gasteiger partial charge < -0.3 is 14.9 Å². The Hall–Kier alpha value is -1.36. The van der Waals surface area contributed by atoms with E-state index in [1.54, 1.807) is 0 Å². The number of amides is 1. The molecule has 0 bridgehead atoms. The fourth-order valence-corrected chi connectivity index (χ4v) is 4.55. The summed E-state index contributed by atoms with van der Waals surface area (Å²) < 4.78 is 0. The Morgan fingerprint density at radius 2 is 1.88 bits per heavy atom. The number of piperidine rings is 2. The van der Waals surface area contributed by atoms with Crippen molar-refractivity contribution in [2.75, 3.05) is 26.2 Å². The number of carboxylic acid groups (broad SMARTS) is 1. The van der Waals surface area contributed by atoms with Gasteiger partial charge in [0, 0.05) is 25.7 Å². The van der Waals surface area contributed by atoms with E-state index >= 15 is 0 Å². The summed E-state index contributed by atoms with van der Waals surface area (Å²) in [5, 5.41) is 9.63. The Labute approximate surface area is 144 Å². The lowest BCUT2D eigenvalue weighted by molar-refractivity contribution is -0.161. The van der Waals surface area contributed by atoms with E-state index in [1.165, 1.54) is 19.3 Å². The molecule has 1 N–H and O–H groups in total. The quantitative estimate of drug-likeness (QED) is 0.634. The molecule has 0 spiro atoms. The number of carbonyl (C=O) groups is 2. The van der Waals surface area contributed by atoms with Gasteiger partial charge in [-0.2, -0.15) is 0 Å². The minimum atomic E-state index is -1.24. The predicted molar refractivity (Wildman–Crippen MR) is 92.6 cm³/mol. The minimum Gasteiger partial charge on any atom is -0.480 e. The van der Waals surface area contributed by atoms with Crippen molar-refractivity contribution in [2.24, 2.45) is 11.3 Å². The van der Waals surface area contributed by atoms with Gasteiger partial charge in [0.1, 0.15) is 0 Å². The number of allylic oxidation sites excluding steroid dienone is 2. The Balaban J connectivity index is 1.62. The van der Waals surface area contributed by atoms with Crippen LogP contribution in [0.15, 0.2) is 12.2 Å². The molecule has 2 unspecified atom stereocenters. The molecule has 2 atom stereocenters. The second-order valence-corrected chi connectivity index (χ2v) is 7.87. The highest BCUT2D eigenvalue weighted by molar-refractivity contribution is 6.02. The smallest absolute Gasteiger partial charge is 0.319 e. The predicted octanol–water partition coefficient (Wildman–Crippen LogP) is 2.52. The summed E-state index contributed by atoms with van der Waals surface area (Å²) in [5.74, 6) is -0.663. The largest absolute Gasteiger partial charge is 0.480 e. The van der Waals surface area contributed by atoms with Gasteiger partial charge in [-0.05, 0) is 57.9 Å². The zero-order valence-electron chi connectivity index (χ0n) is 14.7. The summed E-state index contributed by atoms with van der Waals surface area (Å²) >= 11 is 0. The number of aliphatic carboxylic acids is 1. The van der Waals surface area contributed by atoms with Crippen molar-refractivity contribution in [3.63, 3.8) is 0 Å². The maximum atomic E-state index is 13.0. The fraction of sp³-hybridized carbons (Fsp3) is 0.789. The standard InChI is InChI=1S/C19H30N2O3/c1-15-7-2-5-11-20(15)13-16-8-6-12-21(14-16)17(22)19(18(23)24)9-3-4-10-19/h3-4,15-16H,2,5-14H2,1H3,(H,23,24). The Bertz CT molecular complexity index is 509. The molecule has 0 radical (unpaired) electrons. The van der Waals surface area contributed by atoms with Crippen LogP contribution in [0.4, 0.5) is 0 Å². The molecule has 5 heteroatoms. The minimum absolute atomic E-state index is 0.170. The number of carboxylic acids is 1. The zero-order valence-corrected chi connectivity index (χ0v) is 14.7. The van der Waals surface area contributed by atoms with E-state index in [9.17, 15) is 14.7 Å². The average Bonchev–Trinajstić information content (AvgIpc) is 3.08. The van der Waals surface area contributed by atoms with E-state index in [2.05, 4.69) is 11.8 Å². The van der Waals surface area contributed by atoms with Crippen LogP contribution in [0.5, 0.6) is 0 Å². The van der Waals surface area contributed by atoms with E-state index in [4.69, 9.17) is 0 Å². The highest BCUT2D eigenvalue weighted by Gasteiger charge is 2.49. The first-order valence-corrected chi connectivity index (χ1v) is 9.45. The van der Waals surface area contributed by atoms with Gasteiger partial charge in [0.2, 0.25) is 5.91 Å². The monoisotopic (exact) mass is 334 g/mol. The van der Waals surface area contributed by atoms with Crippen molar-refractivity contribution >= 4 is 11.9 Å². The average molecular weight is 334 g/mol. The summed E-state index contributed by atoms with van der Waals surface area (Å²) in [6.45, 7) is 5.93. The summed E-state index contributed by atoms with van der Waals surface area (Å²) in [6, 6.07) is 0.634. The molecular formula is C19H30N2O3. The van der Waals surface area contributed by atoms with Crippen LogP contribution in [0, 0.1) is 11.3 Å². The molecule has 2 saturated heterocycles. The lowest BCUT2D eigenvalue weighted by Crippen LogP contribution is -2.52. The Kier molecular flexibility index (Phi) is 5.28. The van der Waals surface area contributed by atoms with Crippen molar-refractivity contribution < 1.29 is 14.7 Å². The van der Waals surface area contributed by atoms with Gasteiger partial charge in [0.15, 0.2) is 5.41 Å². The van der Waals surface area contributed by atoms with Crippen molar-refractivity contribution in [1.82, 2.24) is 9.80 Å². The Morgan fingerprint density at radius 1 is 1.12 bits per heavy atom. The van der Waals surface area contributed by atoms with Gasteiger partial charge in [-0.1, -0.05) is 18.6 Å². The van der Waals surface area contributed by atoms with E-state index in [0.717, 1.165) is 32.5 Å². The number of hydrogen-bond donors (Lipinski definition) is 1. The van der Waals surface area contributed by atoms with Gasteiger partial charge in [-0.25, -0.2) is 0 Å². The molecule has 0 aromatic carbocycles. The Morgan fingerprint density at radius 3 is 2.54 bits per heavy atom. The molecule has 5 nitrogen and oxygen atoms in total. The lowest BCUT2D eigenvalue weighted by Gasteiger charge is -2.41. The van der Waals surface area contributed by atoms with Crippen LogP contribution in [0.25, 0.3) is 0 Å². The van der Waals surface area contributed by atoms with Crippen molar-refractivity contribution in [3.8, 4) is 0 Å². The number of rotatable bonds is 4. The maximum absolute atomic E-state index is 13.0. The molecular weight excluding hydrogens is 304 g/mol. The number of carbonyl (C=O) groups excluding carboxylic acids is 1. The lowest BCUT2D eigenvalue weighted by atomic mass is 9.82. The second kappa shape index (κ2) is 7.26. The molecule has 3 aliphatic rings. The SMILES string of the molecule is CC1CCCCN1CC1CCCN(C(=O)C2(C(=O)O)CC=CC2)C1. The zero-order chi connectivity index (χ0) is 17.2. The number of likely N-dealkylation sites (tertiary alicyclic amines) is 2. The van der Waals surface area contributed by atoms with Gasteiger partial charge in [-0.15, -0.1) is 0 Å². The highest BCUT2D eigenvalue weighted by Crippen LogP contribution is 2.37. The molecule has 2 aliphatic heterocycles. The topological polar surface area (TPSA) is 60.9 Å². The van der Waals surface area contributed by atoms with Crippen LogP contribution in [0.1, 0.15) is 51.9 Å². The van der Waals surface area contributed by atoms with E-state index in [0.29, 0.717) is 31.3 Å². The first-order chi connectivity index (χ1) is 11.5. The first kappa shape index (κ1) is 17.5. The normalized spacial score (nSPS) is 30.5. The maximum Gasteiger partial charge on any atom is 0.319 e.